The standard InChI is InChI=1S/C9H11NO3.C5H10N2O3.C4H8N2O3.C4H9NO3.C3H7NO2S/c10-8(9(12)13)5-6-1-3-7(11)4-2-6;6-3(5(9)10)1-2-4(7)8;5-2(4(8)9)1-3(6)7;1-2(6)3(5)4(7)8;4-2(1-7)3(5)6/h1-4,8,11H,5,10H2,(H,12,13);3H,1-2,6H2,(H2,7,8)(H,9,10);2H,1,5H2,(H2,6,7)(H,8,9);2-3,6H,5H2,1H3,(H,7,8);2,7H,1,4H2,(H,5,6). The highest BCUT2D eigenvalue weighted by Gasteiger charge is 2.16. The van der Waals surface area contributed by atoms with Crippen LogP contribution in [0.15, 0.2) is 24.3 Å². The number of thiol groups is 1. The van der Waals surface area contributed by atoms with Gasteiger partial charge < -0.3 is 75.9 Å². The van der Waals surface area contributed by atoms with Gasteiger partial charge in [-0.2, -0.15) is 12.6 Å². The van der Waals surface area contributed by atoms with E-state index in [1.165, 1.54) is 19.1 Å². The number of primary amides is 2. The van der Waals surface area contributed by atoms with Crippen LogP contribution in [0, 0.1) is 0 Å². The number of phenolic OH excluding ortho intramolecular Hbond substituents is 1. The molecule has 270 valence electrons. The summed E-state index contributed by atoms with van der Waals surface area (Å²) < 4.78 is 0. The third kappa shape index (κ3) is 32.6. The number of rotatable bonds is 14. The third-order valence-corrected chi connectivity index (χ3v) is 5.18. The number of hydrogen-bond donors (Lipinski definition) is 15. The van der Waals surface area contributed by atoms with Crippen molar-refractivity contribution >= 4 is 54.3 Å². The van der Waals surface area contributed by atoms with Gasteiger partial charge in [0.05, 0.1) is 12.5 Å². The molecule has 0 bridgehead atoms. The molecular weight excluding hydrogens is 654 g/mol. The van der Waals surface area contributed by atoms with E-state index in [0.717, 1.165) is 5.56 Å². The Hall–Kier alpha value is -4.58. The van der Waals surface area contributed by atoms with E-state index in [9.17, 15) is 33.6 Å². The molecule has 0 heterocycles. The average molecular weight is 700 g/mol. The van der Waals surface area contributed by atoms with E-state index in [4.69, 9.17) is 70.1 Å². The number of aliphatic hydroxyl groups is 1. The van der Waals surface area contributed by atoms with Crippen molar-refractivity contribution in [2.24, 2.45) is 40.1 Å². The number of aliphatic hydroxyl groups excluding tert-OH is 1. The summed E-state index contributed by atoms with van der Waals surface area (Å²) in [6.45, 7) is 1.33. The van der Waals surface area contributed by atoms with E-state index in [2.05, 4.69) is 18.4 Å². The normalized spacial score (nSPS) is 13.4. The smallest absolute Gasteiger partial charge is 0.323 e. The van der Waals surface area contributed by atoms with Crippen molar-refractivity contribution in [1.29, 1.82) is 0 Å². The largest absolute Gasteiger partial charge is 0.508 e. The number of carboxylic acid groups (broad SMARTS) is 5. The zero-order valence-corrected chi connectivity index (χ0v) is 26.2. The molecule has 0 aliphatic heterocycles. The Morgan fingerprint density at radius 2 is 1.06 bits per heavy atom. The number of hydrogen-bond acceptors (Lipinski definition) is 15. The molecule has 0 saturated carbocycles. The van der Waals surface area contributed by atoms with Gasteiger partial charge in [0.1, 0.15) is 36.0 Å². The Bertz CT molecular complexity index is 1130. The fourth-order valence-electron chi connectivity index (χ4n) is 1.98. The third-order valence-electron chi connectivity index (χ3n) is 4.79. The maximum absolute atomic E-state index is 10.4. The summed E-state index contributed by atoms with van der Waals surface area (Å²) in [6.07, 6.45) is -0.893. The minimum atomic E-state index is -1.21. The second-order valence-electron chi connectivity index (χ2n) is 9.11. The molecule has 0 fully saturated rings. The van der Waals surface area contributed by atoms with Gasteiger partial charge in [-0.15, -0.1) is 0 Å². The number of carbonyl (C=O) groups excluding carboxylic acids is 2. The van der Waals surface area contributed by atoms with Gasteiger partial charge in [-0.25, -0.2) is 0 Å². The Labute approximate surface area is 274 Å². The van der Waals surface area contributed by atoms with E-state index in [-0.39, 0.29) is 37.2 Å². The van der Waals surface area contributed by atoms with Gasteiger partial charge in [0.25, 0.3) is 0 Å². The first-order valence-electron chi connectivity index (χ1n) is 13.0. The van der Waals surface area contributed by atoms with Crippen molar-refractivity contribution in [3.05, 3.63) is 29.8 Å². The molecular formula is C25H45N7O14S. The molecule has 0 aliphatic carbocycles. The van der Waals surface area contributed by atoms with Crippen LogP contribution >= 0.6 is 12.6 Å². The molecule has 0 radical (unpaired) electrons. The Morgan fingerprint density at radius 3 is 1.28 bits per heavy atom. The summed E-state index contributed by atoms with van der Waals surface area (Å²) in [5, 5.41) is 58.4. The lowest BCUT2D eigenvalue weighted by atomic mass is 10.1. The van der Waals surface area contributed by atoms with Crippen LogP contribution in [0.1, 0.15) is 31.7 Å². The van der Waals surface area contributed by atoms with Crippen molar-refractivity contribution < 1.29 is 69.3 Å². The van der Waals surface area contributed by atoms with Gasteiger partial charge >= 0.3 is 29.8 Å². The van der Waals surface area contributed by atoms with Gasteiger partial charge in [0.2, 0.25) is 11.8 Å². The van der Waals surface area contributed by atoms with E-state index < -0.39 is 78.0 Å². The van der Waals surface area contributed by atoms with Gasteiger partial charge in [-0.3, -0.25) is 33.6 Å². The second-order valence-corrected chi connectivity index (χ2v) is 9.48. The van der Waals surface area contributed by atoms with E-state index in [1.807, 2.05) is 0 Å². The topological polar surface area (TPSA) is 443 Å². The predicted molar refractivity (Wildman–Crippen MR) is 168 cm³/mol. The lowest BCUT2D eigenvalue weighted by Crippen LogP contribution is -2.39. The van der Waals surface area contributed by atoms with E-state index >= 15 is 0 Å². The van der Waals surface area contributed by atoms with Crippen molar-refractivity contribution in [2.45, 2.75) is 68.9 Å². The second kappa shape index (κ2) is 27.7. The van der Waals surface area contributed by atoms with Crippen LogP contribution < -0.4 is 40.1 Å². The number of carbonyl (C=O) groups is 7. The minimum Gasteiger partial charge on any atom is -0.508 e. The summed E-state index contributed by atoms with van der Waals surface area (Å²) in [5.41, 5.74) is 35.3. The molecule has 0 aromatic heterocycles. The van der Waals surface area contributed by atoms with Crippen LogP contribution in [0.2, 0.25) is 0 Å². The van der Waals surface area contributed by atoms with Gasteiger partial charge in [-0.1, -0.05) is 12.1 Å². The number of aliphatic carboxylic acids is 5. The summed E-state index contributed by atoms with van der Waals surface area (Å²) in [6, 6.07) is 1.31. The van der Waals surface area contributed by atoms with Crippen molar-refractivity contribution in [1.82, 2.24) is 0 Å². The lowest BCUT2D eigenvalue weighted by molar-refractivity contribution is -0.141. The maximum atomic E-state index is 10.4. The highest BCUT2D eigenvalue weighted by Crippen LogP contribution is 2.10. The van der Waals surface area contributed by atoms with Gasteiger partial charge in [-0.05, 0) is 37.5 Å². The Balaban J connectivity index is -0.000000251. The SMILES string of the molecule is CC(O)C(N)C(=O)O.NC(=O)CC(N)C(=O)O.NC(=O)CCC(N)C(=O)O.NC(CS)C(=O)O.NC(Cc1ccc(O)cc1)C(=O)O. The molecule has 21 nitrogen and oxygen atoms in total. The number of benzene rings is 1. The summed E-state index contributed by atoms with van der Waals surface area (Å²) >= 11 is 3.65. The first-order chi connectivity index (χ1) is 21.4. The fraction of sp³-hybridized carbons (Fsp3) is 0.480. The first kappa shape index (κ1) is 49.3. The van der Waals surface area contributed by atoms with Crippen LogP contribution in [0.25, 0.3) is 0 Å². The minimum absolute atomic E-state index is 0.0213. The van der Waals surface area contributed by atoms with Gasteiger partial charge in [0, 0.05) is 12.2 Å². The first-order valence-corrected chi connectivity index (χ1v) is 13.6. The van der Waals surface area contributed by atoms with E-state index in [0.29, 0.717) is 0 Å². The highest BCUT2D eigenvalue weighted by molar-refractivity contribution is 7.80. The van der Waals surface area contributed by atoms with E-state index in [1.54, 1.807) is 12.1 Å². The molecule has 0 spiro atoms. The predicted octanol–water partition coefficient (Wildman–Crippen LogP) is -4.61. The molecule has 1 aromatic carbocycles. The zero-order valence-electron chi connectivity index (χ0n) is 25.3. The van der Waals surface area contributed by atoms with Crippen molar-refractivity contribution in [3.8, 4) is 5.75 Å². The monoisotopic (exact) mass is 699 g/mol. The quantitative estimate of drug-likeness (QED) is 0.0812. The van der Waals surface area contributed by atoms with Crippen LogP contribution in [0.5, 0.6) is 5.75 Å². The number of carboxylic acids is 5. The molecule has 21 N–H and O–H groups in total. The zero-order chi connectivity index (χ0) is 38.0. The van der Waals surface area contributed by atoms with Crippen LogP contribution in [0.3, 0.4) is 0 Å². The van der Waals surface area contributed by atoms with Crippen LogP contribution in [0.4, 0.5) is 0 Å². The Kier molecular flexibility index (Phi) is 29.1. The van der Waals surface area contributed by atoms with Crippen molar-refractivity contribution in [2.75, 3.05) is 5.75 Å². The summed E-state index contributed by atoms with van der Waals surface area (Å²) in [4.78, 5) is 70.0. The molecule has 6 unspecified atom stereocenters. The maximum Gasteiger partial charge on any atom is 0.323 e. The number of phenols is 1. The van der Waals surface area contributed by atoms with Crippen molar-refractivity contribution in [3.63, 3.8) is 0 Å². The molecule has 1 rings (SSSR count). The van der Waals surface area contributed by atoms with Crippen LogP contribution in [-0.4, -0.2) is 119 Å². The molecule has 0 aliphatic rings. The summed E-state index contributed by atoms with van der Waals surface area (Å²) in [7, 11) is 0. The molecule has 47 heavy (non-hydrogen) atoms. The molecule has 0 saturated heterocycles. The molecule has 22 heteroatoms. The number of amides is 2. The molecule has 1 aromatic rings. The number of nitrogens with two attached hydrogens (primary N) is 7. The van der Waals surface area contributed by atoms with Crippen LogP contribution in [-0.2, 0) is 40.0 Å². The highest BCUT2D eigenvalue weighted by atomic mass is 32.1. The lowest BCUT2D eigenvalue weighted by Gasteiger charge is -2.06. The number of aromatic hydroxyl groups is 1. The Morgan fingerprint density at radius 1 is 0.660 bits per heavy atom. The molecule has 6 atom stereocenters. The average Bonchev–Trinajstić information content (AvgIpc) is 2.96. The fourth-order valence-corrected chi connectivity index (χ4v) is 2.14. The summed E-state index contributed by atoms with van der Waals surface area (Å²) in [5.74, 6) is -6.41. The van der Waals surface area contributed by atoms with Gasteiger partial charge in [0.15, 0.2) is 0 Å². The molecule has 2 amide bonds.